The lowest BCUT2D eigenvalue weighted by molar-refractivity contribution is -0.113. The van der Waals surface area contributed by atoms with Gasteiger partial charge in [-0.15, -0.1) is 21.5 Å². The predicted molar refractivity (Wildman–Crippen MR) is 109 cm³/mol. The zero-order valence-electron chi connectivity index (χ0n) is 15.2. The molecule has 7 heteroatoms. The van der Waals surface area contributed by atoms with Crippen LogP contribution in [0, 0.1) is 6.92 Å². The van der Waals surface area contributed by atoms with E-state index in [1.54, 1.807) is 11.3 Å². The highest BCUT2D eigenvalue weighted by Gasteiger charge is 2.14. The van der Waals surface area contributed by atoms with Gasteiger partial charge in [0.15, 0.2) is 11.0 Å². The summed E-state index contributed by atoms with van der Waals surface area (Å²) in [7, 11) is 1.94. The molecule has 0 saturated carbocycles. The van der Waals surface area contributed by atoms with Crippen LogP contribution in [0.5, 0.6) is 0 Å². The molecular formula is C19H22N4OS2. The zero-order valence-corrected chi connectivity index (χ0v) is 16.8. The third-order valence-electron chi connectivity index (χ3n) is 3.88. The molecule has 0 atom stereocenters. The van der Waals surface area contributed by atoms with Gasteiger partial charge in [0.2, 0.25) is 5.91 Å². The van der Waals surface area contributed by atoms with E-state index < -0.39 is 0 Å². The maximum absolute atomic E-state index is 12.2. The van der Waals surface area contributed by atoms with Gasteiger partial charge in [-0.2, -0.15) is 0 Å². The summed E-state index contributed by atoms with van der Waals surface area (Å²) in [6, 6.07) is 9.95. The fourth-order valence-corrected chi connectivity index (χ4v) is 4.30. The van der Waals surface area contributed by atoms with Gasteiger partial charge in [-0.05, 0) is 37.1 Å². The fourth-order valence-electron chi connectivity index (χ4n) is 2.62. The summed E-state index contributed by atoms with van der Waals surface area (Å²) in [4.78, 5) is 13.5. The van der Waals surface area contributed by atoms with E-state index in [9.17, 15) is 4.79 Å². The Hall–Kier alpha value is -2.12. The third kappa shape index (κ3) is 4.53. The van der Waals surface area contributed by atoms with Crippen molar-refractivity contribution >= 4 is 34.7 Å². The van der Waals surface area contributed by atoms with E-state index >= 15 is 0 Å². The quantitative estimate of drug-likeness (QED) is 0.606. The number of carbonyl (C=O) groups excluding carboxylic acids is 1. The van der Waals surface area contributed by atoms with E-state index in [1.165, 1.54) is 16.6 Å². The number of carbonyl (C=O) groups is 1. The van der Waals surface area contributed by atoms with Crippen molar-refractivity contribution in [3.8, 4) is 11.4 Å². The number of anilines is 1. The van der Waals surface area contributed by atoms with E-state index in [0.717, 1.165) is 40.6 Å². The Morgan fingerprint density at radius 2 is 2.15 bits per heavy atom. The van der Waals surface area contributed by atoms with E-state index in [-0.39, 0.29) is 5.91 Å². The van der Waals surface area contributed by atoms with Gasteiger partial charge in [-0.25, -0.2) is 0 Å². The predicted octanol–water partition coefficient (Wildman–Crippen LogP) is 4.54. The summed E-state index contributed by atoms with van der Waals surface area (Å²) >= 11 is 3.15. The zero-order chi connectivity index (χ0) is 18.5. The van der Waals surface area contributed by atoms with Crippen LogP contribution in [0.4, 0.5) is 5.69 Å². The van der Waals surface area contributed by atoms with Gasteiger partial charge in [-0.1, -0.05) is 37.2 Å². The minimum Gasteiger partial charge on any atom is -0.325 e. The average Bonchev–Trinajstić information content (AvgIpc) is 3.20. The number of aryl methyl sites for hydroxylation is 2. The smallest absolute Gasteiger partial charge is 0.234 e. The lowest BCUT2D eigenvalue weighted by Crippen LogP contribution is -2.14. The Labute approximate surface area is 161 Å². The Kier molecular flexibility index (Phi) is 6.11. The first kappa shape index (κ1) is 18.7. The van der Waals surface area contributed by atoms with E-state index in [0.29, 0.717) is 5.75 Å². The Morgan fingerprint density at radius 1 is 1.31 bits per heavy atom. The number of amides is 1. The van der Waals surface area contributed by atoms with Crippen molar-refractivity contribution < 1.29 is 4.79 Å². The molecule has 136 valence electrons. The van der Waals surface area contributed by atoms with Crippen molar-refractivity contribution in [2.75, 3.05) is 11.1 Å². The summed E-state index contributed by atoms with van der Waals surface area (Å²) in [5, 5.41) is 14.3. The molecule has 0 bridgehead atoms. The molecule has 5 nitrogen and oxygen atoms in total. The van der Waals surface area contributed by atoms with Crippen LogP contribution < -0.4 is 5.32 Å². The lowest BCUT2D eigenvalue weighted by Gasteiger charge is -2.06. The molecular weight excluding hydrogens is 364 g/mol. The third-order valence-corrected chi connectivity index (χ3v) is 5.89. The van der Waals surface area contributed by atoms with Crippen LogP contribution in [-0.2, 0) is 18.3 Å². The number of rotatable bonds is 7. The van der Waals surface area contributed by atoms with E-state index in [2.05, 4.69) is 33.9 Å². The van der Waals surface area contributed by atoms with Crippen molar-refractivity contribution in [3.05, 3.63) is 46.2 Å². The molecule has 2 aromatic heterocycles. The molecule has 0 aliphatic heterocycles. The van der Waals surface area contributed by atoms with Crippen LogP contribution in [0.3, 0.4) is 0 Å². The first-order chi connectivity index (χ1) is 12.6. The SMILES string of the molecule is CCCc1cc(-c2nnc(SCC(=O)Nc3cccc(C)c3)n2C)cs1. The molecule has 1 N–H and O–H groups in total. The summed E-state index contributed by atoms with van der Waals surface area (Å²) in [6.45, 7) is 4.18. The van der Waals surface area contributed by atoms with Crippen LogP contribution in [0.2, 0.25) is 0 Å². The number of thioether (sulfide) groups is 1. The van der Waals surface area contributed by atoms with Crippen molar-refractivity contribution in [3.63, 3.8) is 0 Å². The van der Waals surface area contributed by atoms with Gasteiger partial charge in [-0.3, -0.25) is 4.79 Å². The van der Waals surface area contributed by atoms with Crippen molar-refractivity contribution in [2.45, 2.75) is 31.8 Å². The molecule has 0 aliphatic rings. The molecule has 1 aromatic carbocycles. The van der Waals surface area contributed by atoms with Crippen LogP contribution >= 0.6 is 23.1 Å². The number of benzene rings is 1. The van der Waals surface area contributed by atoms with Crippen molar-refractivity contribution in [1.82, 2.24) is 14.8 Å². The number of nitrogens with one attached hydrogen (secondary N) is 1. The number of aromatic nitrogens is 3. The number of hydrogen-bond donors (Lipinski definition) is 1. The van der Waals surface area contributed by atoms with E-state index in [4.69, 9.17) is 0 Å². The van der Waals surface area contributed by atoms with Gasteiger partial charge >= 0.3 is 0 Å². The van der Waals surface area contributed by atoms with Gasteiger partial charge in [0.25, 0.3) is 0 Å². The standard InChI is InChI=1S/C19H22N4OS2/c1-4-6-16-10-14(11-25-16)18-21-22-19(23(18)3)26-12-17(24)20-15-8-5-7-13(2)9-15/h5,7-11H,4,6,12H2,1-3H3,(H,20,24). The lowest BCUT2D eigenvalue weighted by atomic mass is 10.2. The summed E-state index contributed by atoms with van der Waals surface area (Å²) in [5.74, 6) is 1.08. The number of thiophene rings is 1. The Balaban J connectivity index is 1.62. The summed E-state index contributed by atoms with van der Waals surface area (Å²) in [5.41, 5.74) is 3.02. The highest BCUT2D eigenvalue weighted by molar-refractivity contribution is 7.99. The number of hydrogen-bond acceptors (Lipinski definition) is 5. The second-order valence-electron chi connectivity index (χ2n) is 6.12. The van der Waals surface area contributed by atoms with Crippen LogP contribution in [-0.4, -0.2) is 26.4 Å². The monoisotopic (exact) mass is 386 g/mol. The van der Waals surface area contributed by atoms with E-state index in [1.807, 2.05) is 42.8 Å². The second-order valence-corrected chi connectivity index (χ2v) is 8.06. The molecule has 0 aliphatic carbocycles. The van der Waals surface area contributed by atoms with Gasteiger partial charge in [0.05, 0.1) is 5.75 Å². The van der Waals surface area contributed by atoms with Crippen LogP contribution in [0.15, 0.2) is 40.9 Å². The molecule has 0 fully saturated rings. The summed E-state index contributed by atoms with van der Waals surface area (Å²) < 4.78 is 1.95. The van der Waals surface area contributed by atoms with Crippen molar-refractivity contribution in [1.29, 1.82) is 0 Å². The molecule has 0 saturated heterocycles. The molecule has 26 heavy (non-hydrogen) atoms. The highest BCUT2D eigenvalue weighted by atomic mass is 32.2. The molecule has 3 aromatic rings. The molecule has 3 rings (SSSR count). The first-order valence-corrected chi connectivity index (χ1v) is 10.4. The van der Waals surface area contributed by atoms with Gasteiger partial charge < -0.3 is 9.88 Å². The summed E-state index contributed by atoms with van der Waals surface area (Å²) in [6.07, 6.45) is 2.22. The van der Waals surface area contributed by atoms with Gasteiger partial charge in [0, 0.05) is 28.6 Å². The highest BCUT2D eigenvalue weighted by Crippen LogP contribution is 2.27. The largest absolute Gasteiger partial charge is 0.325 e. The molecule has 0 unspecified atom stereocenters. The number of nitrogens with zero attached hydrogens (tertiary/aromatic N) is 3. The maximum atomic E-state index is 12.2. The fraction of sp³-hybridized carbons (Fsp3) is 0.316. The average molecular weight is 387 g/mol. The first-order valence-electron chi connectivity index (χ1n) is 8.53. The maximum Gasteiger partial charge on any atom is 0.234 e. The second kappa shape index (κ2) is 8.51. The topological polar surface area (TPSA) is 59.8 Å². The molecule has 0 spiro atoms. The van der Waals surface area contributed by atoms with Gasteiger partial charge in [0.1, 0.15) is 0 Å². The van der Waals surface area contributed by atoms with Crippen LogP contribution in [0.25, 0.3) is 11.4 Å². The van der Waals surface area contributed by atoms with Crippen LogP contribution in [0.1, 0.15) is 23.8 Å². The molecule has 1 amide bonds. The Morgan fingerprint density at radius 3 is 2.92 bits per heavy atom. The van der Waals surface area contributed by atoms with Crippen molar-refractivity contribution in [2.24, 2.45) is 7.05 Å². The molecule has 0 radical (unpaired) electrons. The normalized spacial score (nSPS) is 10.9. The molecule has 2 heterocycles. The minimum atomic E-state index is -0.0501. The minimum absolute atomic E-state index is 0.0501. The Bertz CT molecular complexity index is 901.